The Morgan fingerprint density at radius 1 is 1.10 bits per heavy atom. The van der Waals surface area contributed by atoms with Gasteiger partial charge in [0, 0.05) is 29.3 Å². The van der Waals surface area contributed by atoms with Crippen LogP contribution in [0, 0.1) is 6.92 Å². The number of ether oxygens (including phenoxy) is 2. The summed E-state index contributed by atoms with van der Waals surface area (Å²) in [6.07, 6.45) is 3.64. The number of nitrogens with one attached hydrogen (secondary N) is 1. The predicted molar refractivity (Wildman–Crippen MR) is 110 cm³/mol. The van der Waals surface area contributed by atoms with Gasteiger partial charge in [0.05, 0.1) is 12.8 Å². The van der Waals surface area contributed by atoms with E-state index < -0.39 is 0 Å². The lowest BCUT2D eigenvalue weighted by Gasteiger charge is -2.09. The Labute approximate surface area is 168 Å². The highest BCUT2D eigenvalue weighted by Crippen LogP contribution is 2.25. The minimum absolute atomic E-state index is 0.0894. The Bertz CT molecular complexity index is 1150. The number of rotatable bonds is 6. The van der Waals surface area contributed by atoms with E-state index in [4.69, 9.17) is 9.47 Å². The number of hydrogen-bond acceptors (Lipinski definition) is 5. The molecule has 0 radical (unpaired) electrons. The molecule has 0 aliphatic rings. The summed E-state index contributed by atoms with van der Waals surface area (Å²) in [5.74, 6) is 1.73. The molecule has 7 nitrogen and oxygen atoms in total. The largest absolute Gasteiger partial charge is 0.497 e. The lowest BCUT2D eigenvalue weighted by atomic mass is 10.1. The summed E-state index contributed by atoms with van der Waals surface area (Å²) < 4.78 is 12.6. The van der Waals surface area contributed by atoms with Crippen LogP contribution >= 0.6 is 0 Å². The van der Waals surface area contributed by atoms with Crippen molar-refractivity contribution in [3.8, 4) is 22.8 Å². The van der Waals surface area contributed by atoms with E-state index in [0.29, 0.717) is 17.2 Å². The monoisotopic (exact) mass is 388 g/mol. The van der Waals surface area contributed by atoms with E-state index in [1.807, 2.05) is 47.9 Å². The first-order chi connectivity index (χ1) is 14.1. The molecule has 2 aromatic carbocycles. The molecule has 29 heavy (non-hydrogen) atoms. The smallest absolute Gasteiger partial charge is 0.262 e. The number of anilines is 1. The summed E-state index contributed by atoms with van der Waals surface area (Å²) in [7, 11) is 1.60. The molecule has 0 bridgehead atoms. The van der Waals surface area contributed by atoms with Gasteiger partial charge in [0.25, 0.3) is 5.91 Å². The van der Waals surface area contributed by atoms with Gasteiger partial charge in [-0.15, -0.1) is 0 Å². The summed E-state index contributed by atoms with van der Waals surface area (Å²) in [6, 6.07) is 16.5. The second-order valence-corrected chi connectivity index (χ2v) is 6.43. The number of fused-ring (bicyclic) bond motifs is 1. The molecule has 146 valence electrons. The summed E-state index contributed by atoms with van der Waals surface area (Å²) in [5.41, 5.74) is 3.39. The quantitative estimate of drug-likeness (QED) is 0.545. The third-order valence-corrected chi connectivity index (χ3v) is 4.49. The fourth-order valence-electron chi connectivity index (χ4n) is 3.04. The van der Waals surface area contributed by atoms with E-state index in [1.54, 1.807) is 37.6 Å². The summed E-state index contributed by atoms with van der Waals surface area (Å²) in [6.45, 7) is 1.90. The van der Waals surface area contributed by atoms with Crippen molar-refractivity contribution in [2.24, 2.45) is 0 Å². The highest BCUT2D eigenvalue weighted by Gasteiger charge is 2.12. The molecule has 0 saturated carbocycles. The van der Waals surface area contributed by atoms with Crippen LogP contribution in [0.15, 0.2) is 67.0 Å². The number of carbonyl (C=O) groups is 1. The van der Waals surface area contributed by atoms with Crippen molar-refractivity contribution in [3.05, 3.63) is 72.7 Å². The van der Waals surface area contributed by atoms with Gasteiger partial charge in [-0.05, 0) is 49.4 Å². The molecule has 0 unspecified atom stereocenters. The zero-order valence-electron chi connectivity index (χ0n) is 16.1. The van der Waals surface area contributed by atoms with Gasteiger partial charge >= 0.3 is 0 Å². The highest BCUT2D eigenvalue weighted by atomic mass is 16.5. The molecule has 4 rings (SSSR count). The number of aromatic nitrogens is 3. The number of amides is 1. The van der Waals surface area contributed by atoms with Crippen LogP contribution in [-0.4, -0.2) is 34.0 Å². The molecule has 0 aliphatic carbocycles. The molecule has 7 heteroatoms. The Morgan fingerprint density at radius 2 is 1.90 bits per heavy atom. The van der Waals surface area contributed by atoms with Gasteiger partial charge < -0.3 is 14.8 Å². The van der Waals surface area contributed by atoms with Crippen molar-refractivity contribution >= 4 is 17.4 Å². The fraction of sp³-hybridized carbons (Fsp3) is 0.136. The van der Waals surface area contributed by atoms with Gasteiger partial charge in [-0.2, -0.15) is 0 Å². The predicted octanol–water partition coefficient (Wildman–Crippen LogP) is 3.73. The molecule has 0 atom stereocenters. The van der Waals surface area contributed by atoms with Crippen molar-refractivity contribution in [1.82, 2.24) is 14.4 Å². The van der Waals surface area contributed by atoms with Crippen LogP contribution in [0.25, 0.3) is 17.0 Å². The van der Waals surface area contributed by atoms with Crippen molar-refractivity contribution in [1.29, 1.82) is 0 Å². The van der Waals surface area contributed by atoms with Gasteiger partial charge in [0.15, 0.2) is 6.61 Å². The molecule has 2 heterocycles. The molecule has 0 spiro atoms. The first-order valence-electron chi connectivity index (χ1n) is 9.11. The molecular formula is C22H20N4O3. The van der Waals surface area contributed by atoms with Gasteiger partial charge in [-0.3, -0.25) is 9.20 Å². The summed E-state index contributed by atoms with van der Waals surface area (Å²) in [4.78, 5) is 21.2. The topological polar surface area (TPSA) is 77.8 Å². The minimum atomic E-state index is -0.244. The number of hydrogen-bond donors (Lipinski definition) is 1. The third-order valence-electron chi connectivity index (χ3n) is 4.49. The maximum absolute atomic E-state index is 12.3. The number of aryl methyl sites for hydroxylation is 1. The van der Waals surface area contributed by atoms with Gasteiger partial charge in [0.1, 0.15) is 11.5 Å². The number of benzene rings is 2. The van der Waals surface area contributed by atoms with Crippen molar-refractivity contribution in [2.75, 3.05) is 19.0 Å². The molecule has 1 N–H and O–H groups in total. The van der Waals surface area contributed by atoms with Gasteiger partial charge in [-0.1, -0.05) is 12.1 Å². The number of imidazole rings is 1. The third kappa shape index (κ3) is 4.03. The molecule has 0 aliphatic heterocycles. The zero-order valence-corrected chi connectivity index (χ0v) is 16.1. The number of carbonyl (C=O) groups excluding carboxylic acids is 1. The van der Waals surface area contributed by atoms with Crippen LogP contribution in [0.4, 0.5) is 5.69 Å². The standard InChI is InChI=1S/C22H20N4O3/c1-15-21(25-22-23-11-4-12-26(15)22)16-5-3-6-17(13-16)24-20(27)14-29-19-9-7-18(28-2)8-10-19/h3-13H,14H2,1-2H3,(H,24,27). The SMILES string of the molecule is COc1ccc(OCC(=O)Nc2cccc(-c3nc4ncccn4c3C)c2)cc1. The van der Waals surface area contributed by atoms with Crippen molar-refractivity contribution < 1.29 is 14.3 Å². The first kappa shape index (κ1) is 18.5. The van der Waals surface area contributed by atoms with E-state index in [-0.39, 0.29) is 12.5 Å². The van der Waals surface area contributed by atoms with E-state index in [0.717, 1.165) is 22.7 Å². The fourth-order valence-corrected chi connectivity index (χ4v) is 3.04. The number of methoxy groups -OCH3 is 1. The van der Waals surface area contributed by atoms with E-state index in [9.17, 15) is 4.79 Å². The Balaban J connectivity index is 1.45. The van der Waals surface area contributed by atoms with E-state index in [1.165, 1.54) is 0 Å². The van der Waals surface area contributed by atoms with Crippen LogP contribution in [-0.2, 0) is 4.79 Å². The molecule has 0 fully saturated rings. The summed E-state index contributed by atoms with van der Waals surface area (Å²) in [5, 5.41) is 2.86. The lowest BCUT2D eigenvalue weighted by molar-refractivity contribution is -0.118. The maximum atomic E-state index is 12.3. The Kier molecular flexibility index (Phi) is 5.11. The number of nitrogens with zero attached hydrogens (tertiary/aromatic N) is 3. The minimum Gasteiger partial charge on any atom is -0.497 e. The van der Waals surface area contributed by atoms with Crippen LogP contribution in [0.5, 0.6) is 11.5 Å². The lowest BCUT2D eigenvalue weighted by Crippen LogP contribution is -2.20. The van der Waals surface area contributed by atoms with Crippen LogP contribution < -0.4 is 14.8 Å². The van der Waals surface area contributed by atoms with E-state index in [2.05, 4.69) is 15.3 Å². The molecule has 4 aromatic rings. The van der Waals surface area contributed by atoms with Gasteiger partial charge in [0.2, 0.25) is 5.78 Å². The van der Waals surface area contributed by atoms with Crippen molar-refractivity contribution in [3.63, 3.8) is 0 Å². The highest BCUT2D eigenvalue weighted by molar-refractivity contribution is 5.92. The average Bonchev–Trinajstić information content (AvgIpc) is 3.10. The van der Waals surface area contributed by atoms with Gasteiger partial charge in [-0.25, -0.2) is 9.97 Å². The molecule has 0 saturated heterocycles. The van der Waals surface area contributed by atoms with E-state index >= 15 is 0 Å². The summed E-state index contributed by atoms with van der Waals surface area (Å²) >= 11 is 0. The normalized spacial score (nSPS) is 10.7. The molecular weight excluding hydrogens is 368 g/mol. The Morgan fingerprint density at radius 3 is 2.66 bits per heavy atom. The Hall–Kier alpha value is -3.87. The first-order valence-corrected chi connectivity index (χ1v) is 9.11. The molecule has 2 aromatic heterocycles. The van der Waals surface area contributed by atoms with Crippen LogP contribution in [0.1, 0.15) is 5.69 Å². The van der Waals surface area contributed by atoms with Crippen molar-refractivity contribution in [2.45, 2.75) is 6.92 Å². The van der Waals surface area contributed by atoms with Crippen LogP contribution in [0.2, 0.25) is 0 Å². The maximum Gasteiger partial charge on any atom is 0.262 e. The average molecular weight is 388 g/mol. The molecule has 1 amide bonds. The zero-order chi connectivity index (χ0) is 20.2. The second-order valence-electron chi connectivity index (χ2n) is 6.43. The second kappa shape index (κ2) is 8.02. The van der Waals surface area contributed by atoms with Crippen LogP contribution in [0.3, 0.4) is 0 Å².